The van der Waals surface area contributed by atoms with Gasteiger partial charge in [-0.05, 0) is 57.6 Å². The molecule has 2 N–H and O–H groups in total. The molecule has 0 fully saturated rings. The minimum absolute atomic E-state index is 0.122. The lowest BCUT2D eigenvalue weighted by atomic mass is 9.82. The SMILES string of the molecule is CCC(C)(C(N)c1ccc(F)cc1C)N(C)C. The number of hydrogen-bond acceptors (Lipinski definition) is 2. The molecule has 2 unspecified atom stereocenters. The maximum atomic E-state index is 13.1. The number of likely N-dealkylation sites (N-methyl/N-ethyl adjacent to an activating group) is 1. The lowest BCUT2D eigenvalue weighted by molar-refractivity contribution is 0.131. The smallest absolute Gasteiger partial charge is 0.123 e. The van der Waals surface area contributed by atoms with E-state index >= 15 is 0 Å². The second kappa shape index (κ2) is 5.15. The molecule has 0 radical (unpaired) electrons. The summed E-state index contributed by atoms with van der Waals surface area (Å²) in [7, 11) is 4.06. The van der Waals surface area contributed by atoms with Crippen LogP contribution in [0.25, 0.3) is 0 Å². The van der Waals surface area contributed by atoms with Gasteiger partial charge in [0.1, 0.15) is 5.82 Å². The van der Waals surface area contributed by atoms with Crippen LogP contribution in [0, 0.1) is 12.7 Å². The van der Waals surface area contributed by atoms with E-state index in [2.05, 4.69) is 18.7 Å². The van der Waals surface area contributed by atoms with Crippen molar-refractivity contribution in [2.45, 2.75) is 38.8 Å². The Labute approximate surface area is 104 Å². The zero-order valence-corrected chi connectivity index (χ0v) is 11.4. The van der Waals surface area contributed by atoms with Gasteiger partial charge in [0.2, 0.25) is 0 Å². The summed E-state index contributed by atoms with van der Waals surface area (Å²) in [5.74, 6) is -0.207. The Morgan fingerprint density at radius 2 is 2.00 bits per heavy atom. The minimum atomic E-state index is -0.207. The summed E-state index contributed by atoms with van der Waals surface area (Å²) in [5, 5.41) is 0. The Hall–Kier alpha value is -0.930. The lowest BCUT2D eigenvalue weighted by Gasteiger charge is -2.41. The molecule has 1 rings (SSSR count). The van der Waals surface area contributed by atoms with Crippen molar-refractivity contribution in [2.24, 2.45) is 5.73 Å². The van der Waals surface area contributed by atoms with Gasteiger partial charge in [0.25, 0.3) is 0 Å². The molecule has 96 valence electrons. The van der Waals surface area contributed by atoms with Gasteiger partial charge in [-0.25, -0.2) is 4.39 Å². The van der Waals surface area contributed by atoms with Gasteiger partial charge >= 0.3 is 0 Å². The predicted octanol–water partition coefficient (Wildman–Crippen LogP) is 2.86. The Morgan fingerprint density at radius 3 is 2.41 bits per heavy atom. The molecule has 0 aliphatic rings. The maximum absolute atomic E-state index is 13.1. The number of nitrogens with two attached hydrogens (primary N) is 1. The Bertz CT molecular complexity index is 390. The van der Waals surface area contributed by atoms with Crippen LogP contribution in [0.3, 0.4) is 0 Å². The fourth-order valence-corrected chi connectivity index (χ4v) is 2.14. The van der Waals surface area contributed by atoms with Crippen LogP contribution < -0.4 is 5.73 Å². The fraction of sp³-hybridized carbons (Fsp3) is 0.571. The standard InChI is InChI=1S/C14H23FN2/c1-6-14(3,17(4)5)13(16)12-8-7-11(15)9-10(12)2/h7-9,13H,6,16H2,1-5H3. The van der Waals surface area contributed by atoms with Crippen molar-refractivity contribution < 1.29 is 4.39 Å². The summed E-state index contributed by atoms with van der Waals surface area (Å²) in [6.45, 7) is 6.17. The van der Waals surface area contributed by atoms with Crippen LogP contribution in [0.1, 0.15) is 37.4 Å². The van der Waals surface area contributed by atoms with E-state index in [1.165, 1.54) is 6.07 Å². The third-order valence-corrected chi connectivity index (χ3v) is 3.97. The minimum Gasteiger partial charge on any atom is -0.322 e. The third-order valence-electron chi connectivity index (χ3n) is 3.97. The molecule has 0 aliphatic heterocycles. The van der Waals surface area contributed by atoms with Crippen LogP contribution in [0.5, 0.6) is 0 Å². The van der Waals surface area contributed by atoms with E-state index < -0.39 is 0 Å². The molecule has 0 saturated heterocycles. The first-order valence-electron chi connectivity index (χ1n) is 6.02. The van der Waals surface area contributed by atoms with E-state index in [4.69, 9.17) is 5.73 Å². The molecule has 0 bridgehead atoms. The van der Waals surface area contributed by atoms with Gasteiger partial charge in [0, 0.05) is 11.6 Å². The molecule has 0 amide bonds. The zero-order chi connectivity index (χ0) is 13.2. The van der Waals surface area contributed by atoms with E-state index in [9.17, 15) is 4.39 Å². The molecule has 0 heterocycles. The molecule has 0 spiro atoms. The van der Waals surface area contributed by atoms with Crippen molar-refractivity contribution >= 4 is 0 Å². The molecular weight excluding hydrogens is 215 g/mol. The van der Waals surface area contributed by atoms with Crippen molar-refractivity contribution in [3.63, 3.8) is 0 Å². The molecule has 1 aromatic carbocycles. The van der Waals surface area contributed by atoms with E-state index in [0.717, 1.165) is 17.5 Å². The van der Waals surface area contributed by atoms with Crippen LogP contribution in [0.15, 0.2) is 18.2 Å². The van der Waals surface area contributed by atoms with Gasteiger partial charge in [-0.3, -0.25) is 0 Å². The van der Waals surface area contributed by atoms with Crippen molar-refractivity contribution in [1.82, 2.24) is 4.90 Å². The maximum Gasteiger partial charge on any atom is 0.123 e. The van der Waals surface area contributed by atoms with E-state index in [1.54, 1.807) is 12.1 Å². The van der Waals surface area contributed by atoms with Crippen LogP contribution >= 0.6 is 0 Å². The van der Waals surface area contributed by atoms with Gasteiger partial charge in [-0.15, -0.1) is 0 Å². The van der Waals surface area contributed by atoms with Crippen molar-refractivity contribution in [3.05, 3.63) is 35.1 Å². The Balaban J connectivity index is 3.14. The Morgan fingerprint density at radius 1 is 1.41 bits per heavy atom. The topological polar surface area (TPSA) is 29.3 Å². The average Bonchev–Trinajstić information content (AvgIpc) is 2.26. The first-order chi connectivity index (χ1) is 7.82. The lowest BCUT2D eigenvalue weighted by Crippen LogP contribution is -2.49. The van der Waals surface area contributed by atoms with Gasteiger partial charge in [0.05, 0.1) is 0 Å². The summed E-state index contributed by atoms with van der Waals surface area (Å²) in [6, 6.07) is 4.70. The first-order valence-corrected chi connectivity index (χ1v) is 6.02. The van der Waals surface area contributed by atoms with Gasteiger partial charge in [-0.1, -0.05) is 13.0 Å². The number of rotatable bonds is 4. The fourth-order valence-electron chi connectivity index (χ4n) is 2.14. The second-order valence-electron chi connectivity index (χ2n) is 5.08. The summed E-state index contributed by atoms with van der Waals surface area (Å²) in [5.41, 5.74) is 8.18. The van der Waals surface area contributed by atoms with E-state index in [-0.39, 0.29) is 17.4 Å². The number of benzene rings is 1. The van der Waals surface area contributed by atoms with Crippen molar-refractivity contribution in [2.75, 3.05) is 14.1 Å². The third kappa shape index (κ3) is 2.67. The normalized spacial score (nSPS) is 16.9. The summed E-state index contributed by atoms with van der Waals surface area (Å²) >= 11 is 0. The van der Waals surface area contributed by atoms with Crippen LogP contribution in [0.4, 0.5) is 4.39 Å². The molecule has 17 heavy (non-hydrogen) atoms. The van der Waals surface area contributed by atoms with Crippen LogP contribution in [-0.2, 0) is 0 Å². The highest BCUT2D eigenvalue weighted by Gasteiger charge is 2.33. The highest BCUT2D eigenvalue weighted by atomic mass is 19.1. The largest absolute Gasteiger partial charge is 0.322 e. The van der Waals surface area contributed by atoms with Gasteiger partial charge < -0.3 is 10.6 Å². The van der Waals surface area contributed by atoms with E-state index in [0.29, 0.717) is 0 Å². The first kappa shape index (κ1) is 14.1. The number of hydrogen-bond donors (Lipinski definition) is 1. The molecular formula is C14H23FN2. The average molecular weight is 238 g/mol. The molecule has 0 aromatic heterocycles. The molecule has 3 heteroatoms. The van der Waals surface area contributed by atoms with Crippen LogP contribution in [0.2, 0.25) is 0 Å². The summed E-state index contributed by atoms with van der Waals surface area (Å²) < 4.78 is 13.1. The highest BCUT2D eigenvalue weighted by Crippen LogP contribution is 2.32. The molecule has 2 atom stereocenters. The quantitative estimate of drug-likeness (QED) is 0.874. The second-order valence-corrected chi connectivity index (χ2v) is 5.08. The molecule has 0 aliphatic carbocycles. The van der Waals surface area contributed by atoms with Crippen molar-refractivity contribution in [1.29, 1.82) is 0 Å². The van der Waals surface area contributed by atoms with Crippen LogP contribution in [-0.4, -0.2) is 24.5 Å². The Kier molecular flexibility index (Phi) is 4.28. The molecule has 2 nitrogen and oxygen atoms in total. The monoisotopic (exact) mass is 238 g/mol. The summed E-state index contributed by atoms with van der Waals surface area (Å²) in [6.07, 6.45) is 0.942. The highest BCUT2D eigenvalue weighted by molar-refractivity contribution is 5.31. The number of aryl methyl sites for hydroxylation is 1. The summed E-state index contributed by atoms with van der Waals surface area (Å²) in [4.78, 5) is 2.14. The van der Waals surface area contributed by atoms with Gasteiger partial charge in [-0.2, -0.15) is 0 Å². The molecule has 1 aromatic rings. The van der Waals surface area contributed by atoms with Crippen molar-refractivity contribution in [3.8, 4) is 0 Å². The number of halogens is 1. The predicted molar refractivity (Wildman–Crippen MR) is 70.4 cm³/mol. The van der Waals surface area contributed by atoms with Gasteiger partial charge in [0.15, 0.2) is 0 Å². The molecule has 0 saturated carbocycles. The van der Waals surface area contributed by atoms with E-state index in [1.807, 2.05) is 21.0 Å². The zero-order valence-electron chi connectivity index (χ0n) is 11.4. The number of nitrogens with zero attached hydrogens (tertiary/aromatic N) is 1.